The van der Waals surface area contributed by atoms with E-state index in [1.54, 1.807) is 0 Å². The molecule has 1 N–H and O–H groups in total. The van der Waals surface area contributed by atoms with Crippen molar-refractivity contribution >= 4 is 11.8 Å². The highest BCUT2D eigenvalue weighted by atomic mass is 32.2. The highest BCUT2D eigenvalue weighted by molar-refractivity contribution is 7.99. The van der Waals surface area contributed by atoms with Gasteiger partial charge < -0.3 is 5.32 Å². The number of nitrogens with zero attached hydrogens (tertiary/aromatic N) is 1. The standard InChI is InChI=1S/C15H22N2S/c1-4-18-9-8-12(2)17-13(3)15-7-5-6-14(10-15)11-16/h5-7,10,12-13,17H,4,8-9H2,1-3H3. The minimum Gasteiger partial charge on any atom is -0.308 e. The highest BCUT2D eigenvalue weighted by Gasteiger charge is 2.09. The molecule has 0 fully saturated rings. The van der Waals surface area contributed by atoms with E-state index in [9.17, 15) is 0 Å². The van der Waals surface area contributed by atoms with Crippen molar-refractivity contribution in [2.24, 2.45) is 0 Å². The number of thioether (sulfide) groups is 1. The van der Waals surface area contributed by atoms with E-state index in [1.807, 2.05) is 30.0 Å². The van der Waals surface area contributed by atoms with Gasteiger partial charge in [-0.05, 0) is 49.5 Å². The third-order valence-corrected chi connectivity index (χ3v) is 3.88. The van der Waals surface area contributed by atoms with E-state index < -0.39 is 0 Å². The lowest BCUT2D eigenvalue weighted by Gasteiger charge is -2.20. The molecule has 1 rings (SSSR count). The van der Waals surface area contributed by atoms with Gasteiger partial charge in [0.1, 0.15) is 0 Å². The topological polar surface area (TPSA) is 35.8 Å². The maximum Gasteiger partial charge on any atom is 0.0991 e. The molecule has 0 saturated heterocycles. The van der Waals surface area contributed by atoms with Crippen LogP contribution in [-0.4, -0.2) is 17.5 Å². The van der Waals surface area contributed by atoms with Crippen molar-refractivity contribution in [1.82, 2.24) is 5.32 Å². The van der Waals surface area contributed by atoms with Crippen molar-refractivity contribution in [2.75, 3.05) is 11.5 Å². The second-order valence-electron chi connectivity index (χ2n) is 4.51. The molecule has 2 atom stereocenters. The summed E-state index contributed by atoms with van der Waals surface area (Å²) in [5.41, 5.74) is 1.92. The second kappa shape index (κ2) is 8.18. The fourth-order valence-electron chi connectivity index (χ4n) is 1.89. The van der Waals surface area contributed by atoms with Crippen LogP contribution in [0.15, 0.2) is 24.3 Å². The zero-order valence-corrected chi connectivity index (χ0v) is 12.3. The molecule has 0 amide bonds. The number of nitriles is 1. The molecule has 2 unspecified atom stereocenters. The Kier molecular flexibility index (Phi) is 6.85. The molecule has 1 aromatic carbocycles. The highest BCUT2D eigenvalue weighted by Crippen LogP contribution is 2.15. The number of nitrogens with one attached hydrogen (secondary N) is 1. The Morgan fingerprint density at radius 2 is 2.17 bits per heavy atom. The van der Waals surface area contributed by atoms with Gasteiger partial charge in [0.15, 0.2) is 0 Å². The molecule has 2 nitrogen and oxygen atoms in total. The molecule has 0 aliphatic heterocycles. The van der Waals surface area contributed by atoms with Gasteiger partial charge in [0.25, 0.3) is 0 Å². The lowest BCUT2D eigenvalue weighted by molar-refractivity contribution is 0.471. The molecule has 1 aromatic rings. The summed E-state index contributed by atoms with van der Waals surface area (Å²) in [6.45, 7) is 6.57. The summed E-state index contributed by atoms with van der Waals surface area (Å²) in [4.78, 5) is 0. The Labute approximate surface area is 115 Å². The summed E-state index contributed by atoms with van der Waals surface area (Å²) in [5, 5.41) is 12.5. The van der Waals surface area contributed by atoms with Crippen LogP contribution >= 0.6 is 11.8 Å². The van der Waals surface area contributed by atoms with E-state index in [2.05, 4.69) is 38.2 Å². The van der Waals surface area contributed by atoms with E-state index in [0.29, 0.717) is 12.1 Å². The molecule has 18 heavy (non-hydrogen) atoms. The quantitative estimate of drug-likeness (QED) is 0.760. The summed E-state index contributed by atoms with van der Waals surface area (Å²) < 4.78 is 0. The van der Waals surface area contributed by atoms with Crippen LogP contribution in [0.25, 0.3) is 0 Å². The first-order valence-electron chi connectivity index (χ1n) is 6.51. The van der Waals surface area contributed by atoms with Crippen LogP contribution in [-0.2, 0) is 0 Å². The lowest BCUT2D eigenvalue weighted by Crippen LogP contribution is -2.29. The zero-order chi connectivity index (χ0) is 13.4. The molecular formula is C15H22N2S. The molecule has 98 valence electrons. The molecule has 0 aromatic heterocycles. The minimum atomic E-state index is 0.292. The van der Waals surface area contributed by atoms with Gasteiger partial charge in [0.05, 0.1) is 11.6 Å². The Hall–Kier alpha value is -0.980. The van der Waals surface area contributed by atoms with E-state index in [0.717, 1.165) is 5.56 Å². The smallest absolute Gasteiger partial charge is 0.0991 e. The monoisotopic (exact) mass is 262 g/mol. The number of rotatable bonds is 7. The van der Waals surface area contributed by atoms with Gasteiger partial charge in [0.2, 0.25) is 0 Å². The minimum absolute atomic E-state index is 0.292. The molecule has 0 radical (unpaired) electrons. The van der Waals surface area contributed by atoms with Crippen molar-refractivity contribution in [2.45, 2.75) is 39.3 Å². The summed E-state index contributed by atoms with van der Waals surface area (Å²) in [6, 6.07) is 10.8. The Morgan fingerprint density at radius 3 is 2.83 bits per heavy atom. The Morgan fingerprint density at radius 1 is 1.39 bits per heavy atom. The van der Waals surface area contributed by atoms with E-state index in [1.165, 1.54) is 23.5 Å². The predicted molar refractivity (Wildman–Crippen MR) is 79.8 cm³/mol. The maximum atomic E-state index is 8.90. The van der Waals surface area contributed by atoms with E-state index in [4.69, 9.17) is 5.26 Å². The molecule has 0 spiro atoms. The van der Waals surface area contributed by atoms with Gasteiger partial charge >= 0.3 is 0 Å². The van der Waals surface area contributed by atoms with Crippen LogP contribution in [0.4, 0.5) is 0 Å². The molecule has 0 heterocycles. The first-order valence-corrected chi connectivity index (χ1v) is 7.66. The maximum absolute atomic E-state index is 8.90. The van der Waals surface area contributed by atoms with Gasteiger partial charge in [-0.1, -0.05) is 19.1 Å². The fraction of sp³-hybridized carbons (Fsp3) is 0.533. The first kappa shape index (κ1) is 15.1. The van der Waals surface area contributed by atoms with Crippen LogP contribution in [0.2, 0.25) is 0 Å². The van der Waals surface area contributed by atoms with Gasteiger partial charge in [-0.25, -0.2) is 0 Å². The van der Waals surface area contributed by atoms with Crippen molar-refractivity contribution in [3.05, 3.63) is 35.4 Å². The van der Waals surface area contributed by atoms with Crippen LogP contribution in [0.5, 0.6) is 0 Å². The summed E-state index contributed by atoms with van der Waals surface area (Å²) >= 11 is 1.98. The second-order valence-corrected chi connectivity index (χ2v) is 5.91. The summed E-state index contributed by atoms with van der Waals surface area (Å²) in [6.07, 6.45) is 1.18. The fourth-order valence-corrected chi connectivity index (χ4v) is 2.70. The Balaban J connectivity index is 2.48. The number of hydrogen-bond acceptors (Lipinski definition) is 3. The summed E-state index contributed by atoms with van der Waals surface area (Å²) in [5.74, 6) is 2.39. The molecule has 0 aliphatic carbocycles. The lowest BCUT2D eigenvalue weighted by atomic mass is 10.0. The largest absolute Gasteiger partial charge is 0.308 e. The van der Waals surface area contributed by atoms with Crippen molar-refractivity contribution in [3.8, 4) is 6.07 Å². The van der Waals surface area contributed by atoms with Gasteiger partial charge in [0, 0.05) is 12.1 Å². The average Bonchev–Trinajstić information content (AvgIpc) is 2.39. The van der Waals surface area contributed by atoms with Crippen LogP contribution in [0.3, 0.4) is 0 Å². The van der Waals surface area contributed by atoms with Crippen LogP contribution in [0.1, 0.15) is 44.4 Å². The summed E-state index contributed by atoms with van der Waals surface area (Å²) in [7, 11) is 0. The number of hydrogen-bond donors (Lipinski definition) is 1. The van der Waals surface area contributed by atoms with Gasteiger partial charge in [-0.15, -0.1) is 0 Å². The van der Waals surface area contributed by atoms with Crippen molar-refractivity contribution in [3.63, 3.8) is 0 Å². The molecule has 0 aliphatic rings. The normalized spacial score (nSPS) is 13.9. The third kappa shape index (κ3) is 5.12. The third-order valence-electron chi connectivity index (χ3n) is 2.95. The molecular weight excluding hydrogens is 240 g/mol. The average molecular weight is 262 g/mol. The van der Waals surface area contributed by atoms with Gasteiger partial charge in [-0.2, -0.15) is 17.0 Å². The van der Waals surface area contributed by atoms with Crippen LogP contribution in [0, 0.1) is 11.3 Å². The Bertz CT molecular complexity index is 398. The van der Waals surface area contributed by atoms with Crippen molar-refractivity contribution < 1.29 is 0 Å². The predicted octanol–water partition coefficient (Wildman–Crippen LogP) is 3.74. The molecule has 0 saturated carbocycles. The number of benzene rings is 1. The molecule has 0 bridgehead atoms. The molecule has 3 heteroatoms. The first-order chi connectivity index (χ1) is 8.67. The zero-order valence-electron chi connectivity index (χ0n) is 11.4. The van der Waals surface area contributed by atoms with Crippen molar-refractivity contribution in [1.29, 1.82) is 5.26 Å². The van der Waals surface area contributed by atoms with Gasteiger partial charge in [-0.3, -0.25) is 0 Å². The van der Waals surface area contributed by atoms with Crippen LogP contribution < -0.4 is 5.32 Å². The SMILES string of the molecule is CCSCCC(C)NC(C)c1cccc(C#N)c1. The van der Waals surface area contributed by atoms with E-state index >= 15 is 0 Å². The van der Waals surface area contributed by atoms with E-state index in [-0.39, 0.29) is 0 Å².